The Morgan fingerprint density at radius 2 is 0.780 bits per heavy atom. The fourth-order valence-electron chi connectivity index (χ4n) is 7.91. The zero-order valence-corrected chi connectivity index (χ0v) is 27.0. The third-order valence-corrected chi connectivity index (χ3v) is 10.0. The van der Waals surface area contributed by atoms with Gasteiger partial charge in [0.2, 0.25) is 0 Å². The molecule has 234 valence electrons. The Balaban J connectivity index is 1.19. The summed E-state index contributed by atoms with van der Waals surface area (Å²) in [5.41, 5.74) is 11.9. The molecule has 8 aromatic rings. The fraction of sp³-hybridized carbons (Fsp3) is 0.0217. The molecule has 0 atom stereocenters. The predicted octanol–water partition coefficient (Wildman–Crippen LogP) is 11.0. The van der Waals surface area contributed by atoms with Crippen molar-refractivity contribution in [3.05, 3.63) is 198 Å². The lowest BCUT2D eigenvalue weighted by atomic mass is 9.66. The molecule has 2 heterocycles. The molecular weight excluding hydrogens is 611 g/mol. The van der Waals surface area contributed by atoms with Crippen LogP contribution in [0.15, 0.2) is 176 Å². The van der Waals surface area contributed by atoms with Crippen molar-refractivity contribution in [2.24, 2.45) is 0 Å². The van der Waals surface area contributed by atoms with Gasteiger partial charge in [-0.1, -0.05) is 158 Å². The molecule has 0 amide bonds. The summed E-state index contributed by atoms with van der Waals surface area (Å²) >= 11 is 0. The van der Waals surface area contributed by atoms with Gasteiger partial charge in [-0.15, -0.1) is 0 Å². The fourth-order valence-corrected chi connectivity index (χ4v) is 7.91. The molecule has 4 heteroatoms. The number of hydrogen-bond acceptors (Lipinski definition) is 4. The molecule has 0 bridgehead atoms. The molecule has 50 heavy (non-hydrogen) atoms. The zero-order chi connectivity index (χ0) is 33.1. The normalized spacial score (nSPS) is 13.1. The third-order valence-electron chi connectivity index (χ3n) is 10.0. The molecule has 0 unspecified atom stereocenters. The van der Waals surface area contributed by atoms with E-state index in [4.69, 9.17) is 19.7 Å². The summed E-state index contributed by atoms with van der Waals surface area (Å²) in [7, 11) is 0. The molecular formula is C46H29N3O. The van der Waals surface area contributed by atoms with Crippen LogP contribution in [0.3, 0.4) is 0 Å². The van der Waals surface area contributed by atoms with E-state index in [9.17, 15) is 0 Å². The van der Waals surface area contributed by atoms with Crippen LogP contribution in [0.25, 0.3) is 56.4 Å². The van der Waals surface area contributed by atoms with Crippen molar-refractivity contribution in [1.29, 1.82) is 0 Å². The second kappa shape index (κ2) is 11.2. The molecule has 0 N–H and O–H groups in total. The van der Waals surface area contributed by atoms with Crippen LogP contribution in [0.4, 0.5) is 0 Å². The van der Waals surface area contributed by atoms with Crippen LogP contribution in [0.2, 0.25) is 0 Å². The number of aromatic nitrogens is 3. The second-order valence-electron chi connectivity index (χ2n) is 12.7. The Morgan fingerprint density at radius 3 is 1.42 bits per heavy atom. The second-order valence-corrected chi connectivity index (χ2v) is 12.7. The Hall–Kier alpha value is -6.65. The molecule has 0 saturated carbocycles. The van der Waals surface area contributed by atoms with Crippen molar-refractivity contribution in [3.63, 3.8) is 0 Å². The molecule has 1 aliphatic heterocycles. The highest BCUT2D eigenvalue weighted by Crippen LogP contribution is 2.63. The van der Waals surface area contributed by atoms with E-state index >= 15 is 0 Å². The predicted molar refractivity (Wildman–Crippen MR) is 199 cm³/mol. The minimum absolute atomic E-state index is 0.519. The number of nitrogens with zero attached hydrogens (tertiary/aromatic N) is 3. The summed E-state index contributed by atoms with van der Waals surface area (Å²) < 4.78 is 6.54. The van der Waals surface area contributed by atoms with E-state index in [-0.39, 0.29) is 0 Å². The van der Waals surface area contributed by atoms with Crippen molar-refractivity contribution in [3.8, 4) is 67.9 Å². The van der Waals surface area contributed by atoms with Crippen LogP contribution in [0, 0.1) is 0 Å². The lowest BCUT2D eigenvalue weighted by Crippen LogP contribution is -2.32. The van der Waals surface area contributed by atoms with Crippen LogP contribution in [-0.2, 0) is 5.41 Å². The number of benzene rings is 7. The van der Waals surface area contributed by atoms with Gasteiger partial charge in [-0.25, -0.2) is 15.0 Å². The Labute approximate surface area is 290 Å². The van der Waals surface area contributed by atoms with Crippen LogP contribution in [0.5, 0.6) is 11.5 Å². The highest BCUT2D eigenvalue weighted by Gasteiger charge is 2.51. The highest BCUT2D eigenvalue weighted by atomic mass is 16.5. The van der Waals surface area contributed by atoms with Crippen molar-refractivity contribution >= 4 is 0 Å². The molecule has 0 saturated heterocycles. The van der Waals surface area contributed by atoms with Gasteiger partial charge >= 0.3 is 0 Å². The largest absolute Gasteiger partial charge is 0.457 e. The van der Waals surface area contributed by atoms with Gasteiger partial charge in [-0.3, -0.25) is 0 Å². The first-order valence-electron chi connectivity index (χ1n) is 16.9. The minimum atomic E-state index is -0.519. The van der Waals surface area contributed by atoms with Gasteiger partial charge in [0.15, 0.2) is 17.5 Å². The van der Waals surface area contributed by atoms with Crippen molar-refractivity contribution in [1.82, 2.24) is 15.0 Å². The van der Waals surface area contributed by atoms with Gasteiger partial charge in [0.1, 0.15) is 11.5 Å². The van der Waals surface area contributed by atoms with Crippen LogP contribution < -0.4 is 4.74 Å². The molecule has 1 aromatic heterocycles. The molecule has 1 spiro atoms. The summed E-state index contributed by atoms with van der Waals surface area (Å²) in [4.78, 5) is 15.0. The maximum atomic E-state index is 6.54. The van der Waals surface area contributed by atoms with Gasteiger partial charge in [0.05, 0.1) is 5.41 Å². The Morgan fingerprint density at radius 1 is 0.340 bits per heavy atom. The maximum absolute atomic E-state index is 6.54. The van der Waals surface area contributed by atoms with Gasteiger partial charge < -0.3 is 4.74 Å². The number of fused-ring (bicyclic) bond motifs is 9. The van der Waals surface area contributed by atoms with Crippen molar-refractivity contribution in [2.45, 2.75) is 5.41 Å². The van der Waals surface area contributed by atoms with E-state index < -0.39 is 5.41 Å². The van der Waals surface area contributed by atoms with E-state index in [1.807, 2.05) is 60.7 Å². The highest BCUT2D eigenvalue weighted by molar-refractivity contribution is 5.97. The first-order chi connectivity index (χ1) is 24.8. The number of rotatable bonds is 4. The molecule has 1 aliphatic carbocycles. The molecule has 0 fully saturated rings. The summed E-state index contributed by atoms with van der Waals surface area (Å²) in [6, 6.07) is 61.4. The van der Waals surface area contributed by atoms with Gasteiger partial charge in [0.25, 0.3) is 0 Å². The lowest BCUT2D eigenvalue weighted by Gasteiger charge is -2.39. The number of ether oxygens (including phenoxy) is 1. The quantitative estimate of drug-likeness (QED) is 0.192. The average Bonchev–Trinajstić information content (AvgIpc) is 3.49. The van der Waals surface area contributed by atoms with Crippen LogP contribution in [0.1, 0.15) is 22.3 Å². The topological polar surface area (TPSA) is 47.9 Å². The van der Waals surface area contributed by atoms with E-state index in [1.165, 1.54) is 22.3 Å². The van der Waals surface area contributed by atoms with Crippen molar-refractivity contribution < 1.29 is 4.74 Å². The summed E-state index contributed by atoms with van der Waals surface area (Å²) in [5, 5.41) is 0. The minimum Gasteiger partial charge on any atom is -0.457 e. The summed E-state index contributed by atoms with van der Waals surface area (Å²) in [5.74, 6) is 3.71. The van der Waals surface area contributed by atoms with Gasteiger partial charge in [-0.2, -0.15) is 0 Å². The molecule has 2 aliphatic rings. The van der Waals surface area contributed by atoms with E-state index in [1.54, 1.807) is 0 Å². The first kappa shape index (κ1) is 28.4. The third kappa shape index (κ3) is 4.22. The summed E-state index contributed by atoms with van der Waals surface area (Å²) in [6.45, 7) is 0. The SMILES string of the molecule is c1ccc(-c2nc(-c3ccccc3)nc(-c3cccc(-c4cccc5c4-c4ccccc4C54c5ccccc5Oc5ccccc54)c3)n2)cc1. The van der Waals surface area contributed by atoms with E-state index in [2.05, 4.69) is 115 Å². The van der Waals surface area contributed by atoms with Gasteiger partial charge in [0, 0.05) is 27.8 Å². The first-order valence-corrected chi connectivity index (χ1v) is 16.9. The van der Waals surface area contributed by atoms with Gasteiger partial charge in [-0.05, 0) is 51.6 Å². The molecule has 0 radical (unpaired) electrons. The van der Waals surface area contributed by atoms with Crippen LogP contribution in [-0.4, -0.2) is 15.0 Å². The Bertz CT molecular complexity index is 2480. The smallest absolute Gasteiger partial charge is 0.164 e. The molecule has 10 rings (SSSR count). The zero-order valence-electron chi connectivity index (χ0n) is 27.0. The number of hydrogen-bond donors (Lipinski definition) is 0. The van der Waals surface area contributed by atoms with Crippen molar-refractivity contribution in [2.75, 3.05) is 0 Å². The average molecular weight is 640 g/mol. The maximum Gasteiger partial charge on any atom is 0.164 e. The monoisotopic (exact) mass is 639 g/mol. The standard InChI is InChI=1S/C46H29N3O/c1-3-15-30(16-4-1)43-47-44(31-17-5-2-6-18-31)49-45(48-43)33-20-13-19-32(29-33)34-22-14-26-39-42(34)35-21-7-8-23-36(35)46(39)37-24-9-11-27-40(37)50-41-28-12-10-25-38(41)46/h1-29H. The molecule has 7 aromatic carbocycles. The van der Waals surface area contributed by atoms with E-state index in [0.29, 0.717) is 17.5 Å². The number of para-hydroxylation sites is 2. The summed E-state index contributed by atoms with van der Waals surface area (Å²) in [6.07, 6.45) is 0. The Kier molecular flexibility index (Phi) is 6.36. The van der Waals surface area contributed by atoms with E-state index in [0.717, 1.165) is 50.4 Å². The van der Waals surface area contributed by atoms with Crippen LogP contribution >= 0.6 is 0 Å². The molecule has 4 nitrogen and oxygen atoms in total. The lowest BCUT2D eigenvalue weighted by molar-refractivity contribution is 0.436.